The van der Waals surface area contributed by atoms with Crippen molar-refractivity contribution in [1.82, 2.24) is 14.5 Å². The lowest BCUT2D eigenvalue weighted by Gasteiger charge is -2.19. The number of aromatic nitrogens is 2. The van der Waals surface area contributed by atoms with E-state index in [-0.39, 0.29) is 11.7 Å². The minimum Gasteiger partial charge on any atom is -0.376 e. The number of nitrogens with zero attached hydrogens (tertiary/aromatic N) is 3. The first-order chi connectivity index (χ1) is 12.4. The number of fused-ring (bicyclic) bond motifs is 1. The van der Waals surface area contributed by atoms with Crippen LogP contribution in [0.5, 0.6) is 0 Å². The summed E-state index contributed by atoms with van der Waals surface area (Å²) in [4.78, 5) is 26.5. The predicted molar refractivity (Wildman–Crippen MR) is 106 cm³/mol. The van der Waals surface area contributed by atoms with Gasteiger partial charge in [0.05, 0.1) is 22.4 Å². The lowest BCUT2D eigenvalue weighted by molar-refractivity contribution is 0.252. The number of nitrogens with one attached hydrogen (secondary N) is 2. The van der Waals surface area contributed by atoms with E-state index >= 15 is 0 Å². The van der Waals surface area contributed by atoms with Crippen molar-refractivity contribution in [2.24, 2.45) is 14.1 Å². The number of rotatable bonds is 4. The van der Waals surface area contributed by atoms with E-state index in [2.05, 4.69) is 16.7 Å². The number of aryl methyl sites for hydroxylation is 2. The molecule has 26 heavy (non-hydrogen) atoms. The van der Waals surface area contributed by atoms with Gasteiger partial charge in [-0.3, -0.25) is 9.13 Å². The number of carbonyl (C=O) groups excluding carboxylic acids is 1. The largest absolute Gasteiger partial charge is 0.376 e. The first-order valence-corrected chi connectivity index (χ1v) is 8.98. The molecule has 140 valence electrons. The molecule has 7 heteroatoms. The number of urea groups is 1. The van der Waals surface area contributed by atoms with Gasteiger partial charge in [0, 0.05) is 34.7 Å². The molecule has 0 spiro atoms. The maximum absolute atomic E-state index is 12.4. The highest BCUT2D eigenvalue weighted by atomic mass is 16.2. The van der Waals surface area contributed by atoms with Gasteiger partial charge in [0.2, 0.25) is 0 Å². The Labute approximate surface area is 153 Å². The van der Waals surface area contributed by atoms with Crippen LogP contribution in [0.1, 0.15) is 25.7 Å². The van der Waals surface area contributed by atoms with E-state index in [4.69, 9.17) is 0 Å². The van der Waals surface area contributed by atoms with E-state index < -0.39 is 0 Å². The minimum atomic E-state index is -0.236. The first-order valence-electron chi connectivity index (χ1n) is 8.98. The topological polar surface area (TPSA) is 71.3 Å². The summed E-state index contributed by atoms with van der Waals surface area (Å²) in [7, 11) is 7.32. The maximum atomic E-state index is 12.4. The number of carbonyl (C=O) groups is 1. The van der Waals surface area contributed by atoms with E-state index in [0.29, 0.717) is 12.2 Å². The molecule has 0 saturated carbocycles. The third-order valence-electron chi connectivity index (χ3n) is 4.98. The second-order valence-corrected chi connectivity index (χ2v) is 7.07. The summed E-state index contributed by atoms with van der Waals surface area (Å²) in [5, 5.41) is 5.87. The van der Waals surface area contributed by atoms with E-state index in [1.807, 2.05) is 31.1 Å². The number of hydrogen-bond donors (Lipinski definition) is 2. The maximum Gasteiger partial charge on any atom is 0.328 e. The van der Waals surface area contributed by atoms with Crippen molar-refractivity contribution in [2.45, 2.75) is 25.7 Å². The highest BCUT2D eigenvalue weighted by Gasteiger charge is 2.15. The number of anilines is 2. The van der Waals surface area contributed by atoms with Crippen molar-refractivity contribution in [3.8, 4) is 0 Å². The zero-order chi connectivity index (χ0) is 18.8. The molecule has 0 radical (unpaired) electrons. The molecular weight excluding hydrogens is 330 g/mol. The molecule has 1 aromatic carbocycles. The number of imidazole rings is 1. The lowest BCUT2D eigenvalue weighted by atomic mass is 10.00. The van der Waals surface area contributed by atoms with E-state index in [0.717, 1.165) is 29.6 Å². The number of benzene rings is 1. The molecule has 0 bridgehead atoms. The Bertz CT molecular complexity index is 920. The molecule has 7 nitrogen and oxygen atoms in total. The molecule has 1 aliphatic carbocycles. The molecule has 1 aliphatic rings. The van der Waals surface area contributed by atoms with E-state index in [1.54, 1.807) is 23.2 Å². The quantitative estimate of drug-likeness (QED) is 0.826. The third-order valence-corrected chi connectivity index (χ3v) is 4.98. The summed E-state index contributed by atoms with van der Waals surface area (Å²) in [6.45, 7) is 0.579. The Morgan fingerprint density at radius 3 is 2.46 bits per heavy atom. The zero-order valence-electron chi connectivity index (χ0n) is 15.9. The highest BCUT2D eigenvalue weighted by Crippen LogP contribution is 2.29. The zero-order valence-corrected chi connectivity index (χ0v) is 15.9. The van der Waals surface area contributed by atoms with Gasteiger partial charge in [0.25, 0.3) is 0 Å². The van der Waals surface area contributed by atoms with Crippen LogP contribution in [0.25, 0.3) is 11.0 Å². The highest BCUT2D eigenvalue weighted by molar-refractivity contribution is 5.97. The number of allylic oxidation sites excluding steroid dienone is 1. The minimum absolute atomic E-state index is 0.0875. The average molecular weight is 357 g/mol. The van der Waals surface area contributed by atoms with Gasteiger partial charge in [-0.15, -0.1) is 0 Å². The van der Waals surface area contributed by atoms with Crippen molar-refractivity contribution in [3.63, 3.8) is 0 Å². The van der Waals surface area contributed by atoms with Crippen LogP contribution in [0.2, 0.25) is 0 Å². The monoisotopic (exact) mass is 357 g/mol. The van der Waals surface area contributed by atoms with Gasteiger partial charge in [0.1, 0.15) is 0 Å². The van der Waals surface area contributed by atoms with Gasteiger partial charge in [-0.2, -0.15) is 0 Å². The smallest absolute Gasteiger partial charge is 0.328 e. The summed E-state index contributed by atoms with van der Waals surface area (Å²) in [5.74, 6) is 0. The van der Waals surface area contributed by atoms with Gasteiger partial charge in [-0.1, -0.05) is 11.6 Å². The Balaban J connectivity index is 1.84. The Hall–Kier alpha value is -2.70. The van der Waals surface area contributed by atoms with Crippen LogP contribution in [-0.4, -0.2) is 35.8 Å². The van der Waals surface area contributed by atoms with Crippen LogP contribution in [0, 0.1) is 0 Å². The van der Waals surface area contributed by atoms with Crippen LogP contribution < -0.4 is 21.2 Å². The average Bonchev–Trinajstić information content (AvgIpc) is 2.84. The van der Waals surface area contributed by atoms with Crippen molar-refractivity contribution in [2.75, 3.05) is 30.9 Å². The van der Waals surface area contributed by atoms with Crippen LogP contribution >= 0.6 is 0 Å². The van der Waals surface area contributed by atoms with Crippen LogP contribution in [-0.2, 0) is 14.1 Å². The Morgan fingerprint density at radius 1 is 1.15 bits per heavy atom. The standard InChI is InChI=1S/C19H27N5O2/c1-22(2)15-11-17-16(23(3)19(26)24(17)4)10-14(15)21-18(25)20-12-13-8-6-5-7-9-13/h8,10-11H,5-7,9,12H2,1-4H3,(H2,20,21,25). The summed E-state index contributed by atoms with van der Waals surface area (Å²) in [6.07, 6.45) is 6.81. The van der Waals surface area contributed by atoms with Crippen LogP contribution in [0.15, 0.2) is 28.6 Å². The molecule has 0 atom stereocenters. The third kappa shape index (κ3) is 3.47. The predicted octanol–water partition coefficient (Wildman–Crippen LogP) is 2.56. The van der Waals surface area contributed by atoms with Crippen LogP contribution in [0.4, 0.5) is 16.2 Å². The van der Waals surface area contributed by atoms with Gasteiger partial charge < -0.3 is 15.5 Å². The normalized spacial score (nSPS) is 14.2. The Morgan fingerprint density at radius 2 is 1.85 bits per heavy atom. The first kappa shape index (κ1) is 18.1. The van der Waals surface area contributed by atoms with Gasteiger partial charge in [0.15, 0.2) is 0 Å². The molecule has 2 N–H and O–H groups in total. The molecule has 3 rings (SSSR count). The second-order valence-electron chi connectivity index (χ2n) is 7.07. The van der Waals surface area contributed by atoms with Gasteiger partial charge in [-0.25, -0.2) is 9.59 Å². The summed E-state index contributed by atoms with van der Waals surface area (Å²) in [6, 6.07) is 3.54. The fourth-order valence-electron chi connectivity index (χ4n) is 3.43. The number of hydrogen-bond acceptors (Lipinski definition) is 3. The van der Waals surface area contributed by atoms with Crippen molar-refractivity contribution in [3.05, 3.63) is 34.3 Å². The Kier molecular flexibility index (Phi) is 5.06. The SMILES string of the molecule is CN(C)c1cc2c(cc1NC(=O)NCC1=CCCCC1)n(C)c(=O)n2C. The van der Waals surface area contributed by atoms with Gasteiger partial charge >= 0.3 is 11.7 Å². The molecule has 0 unspecified atom stereocenters. The molecule has 0 aliphatic heterocycles. The van der Waals surface area contributed by atoms with Crippen molar-refractivity contribution < 1.29 is 4.79 Å². The van der Waals surface area contributed by atoms with Crippen molar-refractivity contribution in [1.29, 1.82) is 0 Å². The van der Waals surface area contributed by atoms with Crippen LogP contribution in [0.3, 0.4) is 0 Å². The van der Waals surface area contributed by atoms with E-state index in [9.17, 15) is 9.59 Å². The van der Waals surface area contributed by atoms with E-state index in [1.165, 1.54) is 18.4 Å². The lowest BCUT2D eigenvalue weighted by Crippen LogP contribution is -2.31. The molecule has 2 aromatic rings. The summed E-state index contributed by atoms with van der Waals surface area (Å²) in [5.41, 5.74) is 4.35. The molecule has 0 saturated heterocycles. The molecule has 1 aromatic heterocycles. The molecular formula is C19H27N5O2. The fraction of sp³-hybridized carbons (Fsp3) is 0.474. The fourth-order valence-corrected chi connectivity index (χ4v) is 3.43. The molecule has 1 heterocycles. The summed E-state index contributed by atoms with van der Waals surface area (Å²) >= 11 is 0. The van der Waals surface area contributed by atoms with Gasteiger partial charge in [-0.05, 0) is 37.8 Å². The van der Waals surface area contributed by atoms with Crippen molar-refractivity contribution >= 4 is 28.4 Å². The molecule has 2 amide bonds. The summed E-state index contributed by atoms with van der Waals surface area (Å²) < 4.78 is 3.20. The second kappa shape index (κ2) is 7.27. The molecule has 0 fully saturated rings. The number of amides is 2.